The summed E-state index contributed by atoms with van der Waals surface area (Å²) in [5, 5.41) is 8.90. The lowest BCUT2D eigenvalue weighted by atomic mass is 10.0. The maximum Gasteiger partial charge on any atom is 0.0471 e. The van der Waals surface area contributed by atoms with Crippen molar-refractivity contribution in [1.82, 2.24) is 0 Å². The number of aryl methyl sites for hydroxylation is 2. The smallest absolute Gasteiger partial charge is 0.0471 e. The number of nitrogens with two attached hydrogens (primary N) is 1. The number of unbranched alkanes of at least 4 members (excludes halogenated alkanes) is 1. The van der Waals surface area contributed by atoms with Crippen LogP contribution in [0.1, 0.15) is 29.5 Å². The largest absolute Gasteiger partial charge is 0.396 e. The van der Waals surface area contributed by atoms with Crippen molar-refractivity contribution in [3.05, 3.63) is 34.9 Å². The molecule has 0 unspecified atom stereocenters. The number of hydrogen-bond acceptors (Lipinski definition) is 2. The number of benzene rings is 1. The molecular formula is C13H21NO. The van der Waals surface area contributed by atoms with Crippen LogP contribution in [-0.4, -0.2) is 18.3 Å². The zero-order valence-corrected chi connectivity index (χ0v) is 9.50. The molecule has 0 saturated heterocycles. The van der Waals surface area contributed by atoms with Gasteiger partial charge in [-0.15, -0.1) is 0 Å². The molecule has 3 N–H and O–H groups in total. The van der Waals surface area contributed by atoms with Gasteiger partial charge in [0.15, 0.2) is 0 Å². The number of rotatable bonds is 6. The van der Waals surface area contributed by atoms with E-state index in [1.165, 1.54) is 16.7 Å². The van der Waals surface area contributed by atoms with Crippen molar-refractivity contribution in [3.8, 4) is 0 Å². The molecule has 0 bridgehead atoms. The van der Waals surface area contributed by atoms with E-state index in [0.29, 0.717) is 0 Å². The van der Waals surface area contributed by atoms with Crippen LogP contribution in [0, 0.1) is 6.92 Å². The highest BCUT2D eigenvalue weighted by atomic mass is 16.2. The predicted octanol–water partition coefficient (Wildman–Crippen LogP) is 1.81. The fourth-order valence-corrected chi connectivity index (χ4v) is 1.84. The Balaban J connectivity index is 2.62. The van der Waals surface area contributed by atoms with E-state index in [1.54, 1.807) is 0 Å². The third-order valence-electron chi connectivity index (χ3n) is 2.52. The van der Waals surface area contributed by atoms with E-state index in [0.717, 1.165) is 32.2 Å². The topological polar surface area (TPSA) is 46.2 Å². The van der Waals surface area contributed by atoms with Crippen molar-refractivity contribution in [2.45, 2.75) is 32.6 Å². The van der Waals surface area contributed by atoms with Gasteiger partial charge in [-0.1, -0.05) is 23.8 Å². The Bertz CT molecular complexity index is 297. The average molecular weight is 207 g/mol. The van der Waals surface area contributed by atoms with Crippen LogP contribution >= 0.6 is 0 Å². The number of hydrogen-bond donors (Lipinski definition) is 2. The van der Waals surface area contributed by atoms with Gasteiger partial charge in [-0.2, -0.15) is 0 Å². The Kier molecular flexibility index (Phi) is 5.37. The van der Waals surface area contributed by atoms with Gasteiger partial charge in [-0.25, -0.2) is 0 Å². The van der Waals surface area contributed by atoms with Crippen LogP contribution in [0.4, 0.5) is 0 Å². The Morgan fingerprint density at radius 2 is 1.73 bits per heavy atom. The van der Waals surface area contributed by atoms with Gasteiger partial charge in [0.05, 0.1) is 0 Å². The third-order valence-corrected chi connectivity index (χ3v) is 2.52. The molecule has 0 aliphatic rings. The molecule has 0 heterocycles. The maximum atomic E-state index is 8.90. The van der Waals surface area contributed by atoms with E-state index >= 15 is 0 Å². The molecule has 2 nitrogen and oxygen atoms in total. The lowest BCUT2D eigenvalue weighted by molar-refractivity contribution is 0.299. The zero-order valence-electron chi connectivity index (χ0n) is 9.50. The fraction of sp³-hybridized carbons (Fsp3) is 0.538. The Morgan fingerprint density at radius 1 is 1.07 bits per heavy atom. The Morgan fingerprint density at radius 3 is 2.33 bits per heavy atom. The summed E-state index contributed by atoms with van der Waals surface area (Å²) in [6.07, 6.45) is 4.09. The average Bonchev–Trinajstić information content (AvgIpc) is 2.18. The second-order valence-electron chi connectivity index (χ2n) is 4.05. The van der Waals surface area contributed by atoms with Crippen LogP contribution in [0.2, 0.25) is 0 Å². The molecule has 0 radical (unpaired) electrons. The highest BCUT2D eigenvalue weighted by Crippen LogP contribution is 2.12. The van der Waals surface area contributed by atoms with Gasteiger partial charge in [0, 0.05) is 6.61 Å². The SMILES string of the molecule is Cc1cc(CCO)cc(CCCCN)c1. The molecule has 0 atom stereocenters. The van der Waals surface area contributed by atoms with Crippen molar-refractivity contribution in [3.63, 3.8) is 0 Å². The lowest BCUT2D eigenvalue weighted by Gasteiger charge is -2.06. The van der Waals surface area contributed by atoms with Gasteiger partial charge in [0.2, 0.25) is 0 Å². The normalized spacial score (nSPS) is 10.6. The number of aliphatic hydroxyl groups excluding tert-OH is 1. The minimum atomic E-state index is 0.228. The molecule has 1 aromatic carbocycles. The second-order valence-corrected chi connectivity index (χ2v) is 4.05. The van der Waals surface area contributed by atoms with Crippen molar-refractivity contribution in [1.29, 1.82) is 0 Å². The highest BCUT2D eigenvalue weighted by Gasteiger charge is 1.98. The van der Waals surface area contributed by atoms with Crippen LogP contribution in [0.15, 0.2) is 18.2 Å². The lowest BCUT2D eigenvalue weighted by Crippen LogP contribution is -2.00. The van der Waals surface area contributed by atoms with Crippen LogP contribution in [0.5, 0.6) is 0 Å². The summed E-state index contributed by atoms with van der Waals surface area (Å²) in [6.45, 7) is 3.11. The summed E-state index contributed by atoms with van der Waals surface area (Å²) < 4.78 is 0. The molecule has 0 aliphatic carbocycles. The van der Waals surface area contributed by atoms with Crippen LogP contribution in [-0.2, 0) is 12.8 Å². The second kappa shape index (κ2) is 6.59. The molecule has 0 aliphatic heterocycles. The first kappa shape index (κ1) is 12.2. The van der Waals surface area contributed by atoms with Gasteiger partial charge < -0.3 is 10.8 Å². The summed E-state index contributed by atoms with van der Waals surface area (Å²) in [5.41, 5.74) is 9.35. The summed E-state index contributed by atoms with van der Waals surface area (Å²) in [6, 6.07) is 6.56. The fourth-order valence-electron chi connectivity index (χ4n) is 1.84. The molecular weight excluding hydrogens is 186 g/mol. The van der Waals surface area contributed by atoms with E-state index in [4.69, 9.17) is 10.8 Å². The summed E-state index contributed by atoms with van der Waals surface area (Å²) in [4.78, 5) is 0. The van der Waals surface area contributed by atoms with E-state index in [1.807, 2.05) is 0 Å². The standard InChI is InChI=1S/C13H21NO/c1-11-8-12(4-2-3-6-14)10-13(9-11)5-7-15/h8-10,15H,2-7,14H2,1H3. The first-order valence-electron chi connectivity index (χ1n) is 5.66. The molecule has 0 fully saturated rings. The van der Waals surface area contributed by atoms with Crippen LogP contribution in [0.3, 0.4) is 0 Å². The first-order chi connectivity index (χ1) is 7.26. The minimum Gasteiger partial charge on any atom is -0.396 e. The monoisotopic (exact) mass is 207 g/mol. The summed E-state index contributed by atoms with van der Waals surface area (Å²) in [5.74, 6) is 0. The Hall–Kier alpha value is -0.860. The molecule has 0 aromatic heterocycles. The van der Waals surface area contributed by atoms with Gasteiger partial charge in [0.1, 0.15) is 0 Å². The van der Waals surface area contributed by atoms with Crippen LogP contribution < -0.4 is 5.73 Å². The van der Waals surface area contributed by atoms with Gasteiger partial charge in [0.25, 0.3) is 0 Å². The van der Waals surface area contributed by atoms with Gasteiger partial charge in [-0.05, 0) is 50.3 Å². The first-order valence-corrected chi connectivity index (χ1v) is 5.66. The van der Waals surface area contributed by atoms with Crippen molar-refractivity contribution in [2.75, 3.05) is 13.2 Å². The Labute approximate surface area is 92.1 Å². The summed E-state index contributed by atoms with van der Waals surface area (Å²) in [7, 11) is 0. The van der Waals surface area contributed by atoms with Crippen molar-refractivity contribution >= 4 is 0 Å². The molecule has 1 rings (SSSR count). The molecule has 0 amide bonds. The molecule has 0 spiro atoms. The van der Waals surface area contributed by atoms with Gasteiger partial charge >= 0.3 is 0 Å². The van der Waals surface area contributed by atoms with Crippen molar-refractivity contribution < 1.29 is 5.11 Å². The molecule has 2 heteroatoms. The highest BCUT2D eigenvalue weighted by molar-refractivity contribution is 5.29. The molecule has 1 aromatic rings. The predicted molar refractivity (Wildman–Crippen MR) is 64.0 cm³/mol. The molecule has 0 saturated carbocycles. The van der Waals surface area contributed by atoms with E-state index in [9.17, 15) is 0 Å². The molecule has 15 heavy (non-hydrogen) atoms. The van der Waals surface area contributed by atoms with E-state index in [-0.39, 0.29) is 6.61 Å². The van der Waals surface area contributed by atoms with E-state index in [2.05, 4.69) is 25.1 Å². The number of aliphatic hydroxyl groups is 1. The molecule has 84 valence electrons. The minimum absolute atomic E-state index is 0.228. The zero-order chi connectivity index (χ0) is 11.1. The quantitative estimate of drug-likeness (QED) is 0.699. The van der Waals surface area contributed by atoms with Crippen LogP contribution in [0.25, 0.3) is 0 Å². The van der Waals surface area contributed by atoms with Crippen molar-refractivity contribution in [2.24, 2.45) is 5.73 Å². The summed E-state index contributed by atoms with van der Waals surface area (Å²) >= 11 is 0. The van der Waals surface area contributed by atoms with Gasteiger partial charge in [-0.3, -0.25) is 0 Å². The van der Waals surface area contributed by atoms with E-state index < -0.39 is 0 Å². The third kappa shape index (κ3) is 4.45. The maximum absolute atomic E-state index is 8.90.